The molecule has 132 valence electrons. The number of H-pyrrole nitrogens is 1. The maximum Gasteiger partial charge on any atom is 0.272 e. The fourth-order valence-electron chi connectivity index (χ4n) is 2.66. The minimum absolute atomic E-state index is 0.109. The van der Waals surface area contributed by atoms with Crippen LogP contribution in [0.5, 0.6) is 0 Å². The molecule has 0 aliphatic rings. The topological polar surface area (TPSA) is 92.1 Å². The largest absolute Gasteiger partial charge is 0.370 e. The van der Waals surface area contributed by atoms with Gasteiger partial charge in [-0.25, -0.2) is 0 Å². The molecule has 0 aliphatic heterocycles. The molecule has 0 aliphatic carbocycles. The number of amides is 2. The van der Waals surface area contributed by atoms with Crippen molar-refractivity contribution >= 4 is 11.8 Å². The zero-order chi connectivity index (χ0) is 18.4. The van der Waals surface area contributed by atoms with Crippen molar-refractivity contribution in [2.24, 2.45) is 5.73 Å². The third-order valence-corrected chi connectivity index (χ3v) is 4.01. The number of aromatic amines is 1. The second kappa shape index (κ2) is 8.11. The highest BCUT2D eigenvalue weighted by Crippen LogP contribution is 2.18. The van der Waals surface area contributed by atoms with Crippen LogP contribution in [0, 0.1) is 0 Å². The monoisotopic (exact) mass is 348 g/mol. The van der Waals surface area contributed by atoms with Crippen molar-refractivity contribution < 1.29 is 9.59 Å². The van der Waals surface area contributed by atoms with E-state index in [-0.39, 0.29) is 18.9 Å². The van der Waals surface area contributed by atoms with Crippen molar-refractivity contribution in [1.82, 2.24) is 15.1 Å². The Kier molecular flexibility index (Phi) is 5.43. The molecule has 0 atom stereocenters. The zero-order valence-electron chi connectivity index (χ0n) is 14.3. The normalized spacial score (nSPS) is 10.5. The van der Waals surface area contributed by atoms with Gasteiger partial charge in [-0.05, 0) is 11.6 Å². The molecule has 6 nitrogen and oxygen atoms in total. The number of nitrogens with one attached hydrogen (secondary N) is 1. The molecule has 0 saturated heterocycles. The van der Waals surface area contributed by atoms with E-state index < -0.39 is 5.91 Å². The summed E-state index contributed by atoms with van der Waals surface area (Å²) >= 11 is 0. The van der Waals surface area contributed by atoms with Crippen molar-refractivity contribution in [3.8, 4) is 11.3 Å². The number of aromatic nitrogens is 2. The number of hydrogen-bond acceptors (Lipinski definition) is 3. The number of nitrogens with zero attached hydrogens (tertiary/aromatic N) is 2. The van der Waals surface area contributed by atoms with Crippen LogP contribution in [0.25, 0.3) is 11.3 Å². The molecule has 0 saturated carbocycles. The van der Waals surface area contributed by atoms with Gasteiger partial charge in [-0.15, -0.1) is 0 Å². The average Bonchev–Trinajstić information content (AvgIpc) is 3.16. The van der Waals surface area contributed by atoms with Crippen LogP contribution in [0.2, 0.25) is 0 Å². The van der Waals surface area contributed by atoms with E-state index >= 15 is 0 Å². The van der Waals surface area contributed by atoms with Crippen LogP contribution in [0.3, 0.4) is 0 Å². The quantitative estimate of drug-likeness (QED) is 0.687. The molecule has 26 heavy (non-hydrogen) atoms. The standard InChI is InChI=1S/C20H20N4O2/c21-19(25)11-12-24(14-15-7-3-1-4-8-15)20(26)18-13-17(22-23-18)16-9-5-2-6-10-16/h1-10,13H,11-12,14H2,(H2,21,25)(H,22,23). The van der Waals surface area contributed by atoms with Gasteiger partial charge in [0.1, 0.15) is 5.69 Å². The lowest BCUT2D eigenvalue weighted by Crippen LogP contribution is -2.33. The third-order valence-electron chi connectivity index (χ3n) is 4.01. The number of carbonyl (C=O) groups excluding carboxylic acids is 2. The molecule has 1 aromatic heterocycles. The molecule has 6 heteroatoms. The number of rotatable bonds is 7. The van der Waals surface area contributed by atoms with E-state index in [9.17, 15) is 9.59 Å². The van der Waals surface area contributed by atoms with Crippen LogP contribution in [-0.4, -0.2) is 33.5 Å². The van der Waals surface area contributed by atoms with Crippen LogP contribution in [0.15, 0.2) is 66.7 Å². The van der Waals surface area contributed by atoms with Crippen LogP contribution >= 0.6 is 0 Å². The summed E-state index contributed by atoms with van der Waals surface area (Å²) in [5, 5.41) is 7.03. The van der Waals surface area contributed by atoms with Crippen LogP contribution in [-0.2, 0) is 11.3 Å². The highest BCUT2D eigenvalue weighted by molar-refractivity contribution is 5.93. The fourth-order valence-corrected chi connectivity index (χ4v) is 2.66. The van der Waals surface area contributed by atoms with E-state index in [1.165, 1.54) is 0 Å². The Labute approximate surface area is 151 Å². The van der Waals surface area contributed by atoms with Crippen molar-refractivity contribution in [1.29, 1.82) is 0 Å². The van der Waals surface area contributed by atoms with Crippen LogP contribution in [0.1, 0.15) is 22.5 Å². The van der Waals surface area contributed by atoms with Gasteiger partial charge in [-0.3, -0.25) is 14.7 Å². The summed E-state index contributed by atoms with van der Waals surface area (Å²) < 4.78 is 0. The highest BCUT2D eigenvalue weighted by Gasteiger charge is 2.19. The summed E-state index contributed by atoms with van der Waals surface area (Å²) in [6, 6.07) is 21.0. The Morgan fingerprint density at radius 3 is 2.31 bits per heavy atom. The van der Waals surface area contributed by atoms with Gasteiger partial charge in [-0.2, -0.15) is 5.10 Å². The molecule has 0 radical (unpaired) electrons. The molecular formula is C20H20N4O2. The van der Waals surface area contributed by atoms with Gasteiger partial charge in [0.25, 0.3) is 5.91 Å². The first-order valence-corrected chi connectivity index (χ1v) is 8.36. The highest BCUT2D eigenvalue weighted by atomic mass is 16.2. The van der Waals surface area contributed by atoms with E-state index in [0.29, 0.717) is 17.9 Å². The molecule has 0 bridgehead atoms. The molecule has 0 fully saturated rings. The van der Waals surface area contributed by atoms with E-state index in [4.69, 9.17) is 5.73 Å². The lowest BCUT2D eigenvalue weighted by Gasteiger charge is -2.21. The minimum Gasteiger partial charge on any atom is -0.370 e. The van der Waals surface area contributed by atoms with Gasteiger partial charge in [0.15, 0.2) is 0 Å². The first-order chi connectivity index (χ1) is 12.6. The summed E-state index contributed by atoms with van der Waals surface area (Å²) in [5.74, 6) is -0.657. The molecular weight excluding hydrogens is 328 g/mol. The van der Waals surface area contributed by atoms with Crippen molar-refractivity contribution in [2.45, 2.75) is 13.0 Å². The Morgan fingerprint density at radius 2 is 1.65 bits per heavy atom. The maximum atomic E-state index is 12.9. The van der Waals surface area contributed by atoms with Crippen LogP contribution < -0.4 is 5.73 Å². The van der Waals surface area contributed by atoms with E-state index in [1.54, 1.807) is 11.0 Å². The van der Waals surface area contributed by atoms with Crippen molar-refractivity contribution in [2.75, 3.05) is 6.54 Å². The lowest BCUT2D eigenvalue weighted by molar-refractivity contribution is -0.118. The summed E-state index contributed by atoms with van der Waals surface area (Å²) in [6.07, 6.45) is 0.109. The minimum atomic E-state index is -0.439. The van der Waals surface area contributed by atoms with Gasteiger partial charge in [0.05, 0.1) is 5.69 Å². The number of nitrogens with two attached hydrogens (primary N) is 1. The maximum absolute atomic E-state index is 12.9. The smallest absolute Gasteiger partial charge is 0.272 e. The molecule has 3 N–H and O–H groups in total. The number of hydrogen-bond donors (Lipinski definition) is 2. The lowest BCUT2D eigenvalue weighted by atomic mass is 10.1. The Balaban J connectivity index is 1.80. The van der Waals surface area contributed by atoms with E-state index in [0.717, 1.165) is 11.1 Å². The van der Waals surface area contributed by atoms with Gasteiger partial charge in [0.2, 0.25) is 5.91 Å². The van der Waals surface area contributed by atoms with Crippen molar-refractivity contribution in [3.05, 3.63) is 78.0 Å². The summed E-state index contributed by atoms with van der Waals surface area (Å²) in [7, 11) is 0. The second-order valence-electron chi connectivity index (χ2n) is 5.96. The third kappa shape index (κ3) is 4.36. The molecule has 3 rings (SSSR count). The average molecular weight is 348 g/mol. The fraction of sp³-hybridized carbons (Fsp3) is 0.150. The first kappa shape index (κ1) is 17.4. The Morgan fingerprint density at radius 1 is 1.00 bits per heavy atom. The second-order valence-corrected chi connectivity index (χ2v) is 5.96. The Bertz CT molecular complexity index is 875. The van der Waals surface area contributed by atoms with E-state index in [1.807, 2.05) is 60.7 Å². The molecule has 0 unspecified atom stereocenters. The molecule has 0 spiro atoms. The zero-order valence-corrected chi connectivity index (χ0v) is 14.3. The van der Waals surface area contributed by atoms with Gasteiger partial charge in [0, 0.05) is 25.1 Å². The Hall–Kier alpha value is -3.41. The molecule has 2 amide bonds. The van der Waals surface area contributed by atoms with Gasteiger partial charge < -0.3 is 10.6 Å². The summed E-state index contributed by atoms with van der Waals surface area (Å²) in [6.45, 7) is 0.648. The molecule has 2 aromatic carbocycles. The SMILES string of the molecule is NC(=O)CCN(Cc1ccccc1)C(=O)c1cc(-c2ccccc2)n[nH]1. The number of primary amides is 1. The van der Waals surface area contributed by atoms with Gasteiger partial charge in [-0.1, -0.05) is 60.7 Å². The van der Waals surface area contributed by atoms with Gasteiger partial charge >= 0.3 is 0 Å². The first-order valence-electron chi connectivity index (χ1n) is 8.36. The molecule has 1 heterocycles. The predicted octanol–water partition coefficient (Wildman–Crippen LogP) is 2.59. The molecule has 3 aromatic rings. The van der Waals surface area contributed by atoms with E-state index in [2.05, 4.69) is 10.2 Å². The van der Waals surface area contributed by atoms with Crippen molar-refractivity contribution in [3.63, 3.8) is 0 Å². The predicted molar refractivity (Wildman–Crippen MR) is 99.0 cm³/mol. The summed E-state index contributed by atoms with van der Waals surface area (Å²) in [5.41, 5.74) is 8.24. The number of benzene rings is 2. The van der Waals surface area contributed by atoms with Crippen LogP contribution in [0.4, 0.5) is 0 Å². The number of carbonyl (C=O) groups is 2. The summed E-state index contributed by atoms with van der Waals surface area (Å²) in [4.78, 5) is 25.7.